The van der Waals surface area contributed by atoms with E-state index >= 15 is 0 Å². The molecule has 0 aliphatic carbocycles. The second-order valence-corrected chi connectivity index (χ2v) is 5.49. The first kappa shape index (κ1) is 13.8. The summed E-state index contributed by atoms with van der Waals surface area (Å²) >= 11 is 5.24. The molecule has 1 aliphatic rings. The Morgan fingerprint density at radius 2 is 1.90 bits per heavy atom. The van der Waals surface area contributed by atoms with E-state index in [4.69, 9.17) is 12.2 Å². The number of benzene rings is 1. The fourth-order valence-electron chi connectivity index (χ4n) is 2.69. The van der Waals surface area contributed by atoms with Crippen LogP contribution < -0.4 is 0 Å². The summed E-state index contributed by atoms with van der Waals surface area (Å²) < 4.78 is 2.18. The highest BCUT2D eigenvalue weighted by molar-refractivity contribution is 7.80. The zero-order chi connectivity index (χ0) is 15.1. The van der Waals surface area contributed by atoms with Gasteiger partial charge in [-0.05, 0) is 31.3 Å². The van der Waals surface area contributed by atoms with Crippen LogP contribution in [0.4, 0.5) is 0 Å². The molecule has 0 radical (unpaired) electrons. The van der Waals surface area contributed by atoms with Gasteiger partial charge in [0.1, 0.15) is 5.70 Å². The molecule has 0 bridgehead atoms. The predicted molar refractivity (Wildman–Crippen MR) is 88.7 cm³/mol. The van der Waals surface area contributed by atoms with Crippen LogP contribution in [0.2, 0.25) is 0 Å². The molecule has 1 aromatic carbocycles. The average Bonchev–Trinajstić information content (AvgIpc) is 2.95. The molecule has 1 saturated heterocycles. The van der Waals surface area contributed by atoms with Gasteiger partial charge in [-0.2, -0.15) is 0 Å². The predicted octanol–water partition coefficient (Wildman–Crippen LogP) is 2.69. The lowest BCUT2D eigenvalue weighted by Crippen LogP contribution is -2.26. The first-order valence-electron chi connectivity index (χ1n) is 6.90. The number of aromatic nitrogens is 1. The maximum atomic E-state index is 12.3. The zero-order valence-corrected chi connectivity index (χ0v) is 13.1. The third-order valence-electron chi connectivity index (χ3n) is 3.91. The van der Waals surface area contributed by atoms with Crippen molar-refractivity contribution in [1.82, 2.24) is 14.4 Å². The molecular formula is C16H17N3OS. The number of nitrogens with zero attached hydrogens (tertiary/aromatic N) is 3. The normalized spacial score (nSPS) is 17.6. The summed E-state index contributed by atoms with van der Waals surface area (Å²) in [6, 6.07) is 8.22. The van der Waals surface area contributed by atoms with Gasteiger partial charge in [0.05, 0.1) is 0 Å². The lowest BCUT2D eigenvalue weighted by Gasteiger charge is -2.10. The minimum atomic E-state index is -0.0594. The van der Waals surface area contributed by atoms with Gasteiger partial charge in [-0.1, -0.05) is 18.2 Å². The van der Waals surface area contributed by atoms with E-state index in [2.05, 4.69) is 29.8 Å². The maximum Gasteiger partial charge on any atom is 0.276 e. The fourth-order valence-corrected chi connectivity index (χ4v) is 2.87. The summed E-state index contributed by atoms with van der Waals surface area (Å²) in [6.45, 7) is 3.00. The Balaban J connectivity index is 2.16. The van der Waals surface area contributed by atoms with Crippen LogP contribution in [0.15, 0.2) is 36.2 Å². The average molecular weight is 299 g/mol. The second kappa shape index (κ2) is 5.00. The molecule has 0 spiro atoms. The Bertz CT molecular complexity index is 775. The molecule has 0 N–H and O–H groups in total. The molecule has 0 atom stereocenters. The molecule has 21 heavy (non-hydrogen) atoms. The van der Waals surface area contributed by atoms with Crippen LogP contribution in [0, 0.1) is 0 Å². The third-order valence-corrected chi connectivity index (χ3v) is 4.46. The van der Waals surface area contributed by atoms with Gasteiger partial charge in [0.25, 0.3) is 5.91 Å². The number of carbonyl (C=O) groups is 1. The second-order valence-electron chi connectivity index (χ2n) is 5.12. The monoisotopic (exact) mass is 299 g/mol. The van der Waals surface area contributed by atoms with E-state index in [9.17, 15) is 4.79 Å². The van der Waals surface area contributed by atoms with Crippen molar-refractivity contribution in [2.75, 3.05) is 14.1 Å². The highest BCUT2D eigenvalue weighted by atomic mass is 32.1. The van der Waals surface area contributed by atoms with Crippen molar-refractivity contribution in [3.63, 3.8) is 0 Å². The van der Waals surface area contributed by atoms with Crippen LogP contribution in [-0.2, 0) is 11.3 Å². The van der Waals surface area contributed by atoms with Crippen molar-refractivity contribution < 1.29 is 4.79 Å². The van der Waals surface area contributed by atoms with E-state index in [-0.39, 0.29) is 5.91 Å². The molecular weight excluding hydrogens is 282 g/mol. The van der Waals surface area contributed by atoms with Gasteiger partial charge < -0.3 is 9.47 Å². The van der Waals surface area contributed by atoms with Crippen molar-refractivity contribution in [3.05, 3.63) is 41.7 Å². The van der Waals surface area contributed by atoms with E-state index in [0.717, 1.165) is 17.5 Å². The topological polar surface area (TPSA) is 28.5 Å². The first-order valence-corrected chi connectivity index (χ1v) is 7.30. The third kappa shape index (κ3) is 2.05. The fraction of sp³-hybridized carbons (Fsp3) is 0.250. The molecule has 1 amide bonds. The molecule has 1 fully saturated rings. The largest absolute Gasteiger partial charge is 0.347 e. The van der Waals surface area contributed by atoms with Crippen LogP contribution in [0.25, 0.3) is 17.0 Å². The standard InChI is InChI=1S/C16H17N3OS/c1-4-19-10-11(12-7-5-6-8-13(12)19)9-14-15(20)18(3)16(21)17(14)2/h5-10H,4H2,1-3H3/b14-9-. The van der Waals surface area contributed by atoms with Crippen LogP contribution >= 0.6 is 12.2 Å². The highest BCUT2D eigenvalue weighted by Crippen LogP contribution is 2.26. The number of amides is 1. The van der Waals surface area contributed by atoms with E-state index in [1.54, 1.807) is 11.9 Å². The van der Waals surface area contributed by atoms with Crippen molar-refractivity contribution in [1.29, 1.82) is 0 Å². The van der Waals surface area contributed by atoms with Crippen LogP contribution in [0.1, 0.15) is 12.5 Å². The SMILES string of the molecule is CCn1cc(/C=C2/C(=O)N(C)C(=S)N2C)c2ccccc21. The summed E-state index contributed by atoms with van der Waals surface area (Å²) in [4.78, 5) is 15.5. The zero-order valence-electron chi connectivity index (χ0n) is 12.3. The van der Waals surface area contributed by atoms with Gasteiger partial charge in [0.2, 0.25) is 0 Å². The number of hydrogen-bond donors (Lipinski definition) is 0. The van der Waals surface area contributed by atoms with Crippen LogP contribution in [0.3, 0.4) is 0 Å². The molecule has 1 aliphatic heterocycles. The molecule has 2 heterocycles. The van der Waals surface area contributed by atoms with Crippen molar-refractivity contribution in [2.24, 2.45) is 0 Å². The number of fused-ring (bicyclic) bond motifs is 1. The Hall–Kier alpha value is -2.14. The number of likely N-dealkylation sites (N-methyl/N-ethyl adjacent to an activating group) is 2. The molecule has 0 saturated carbocycles. The lowest BCUT2D eigenvalue weighted by atomic mass is 10.1. The van der Waals surface area contributed by atoms with Gasteiger partial charge in [-0.25, -0.2) is 0 Å². The van der Waals surface area contributed by atoms with Crippen molar-refractivity contribution in [3.8, 4) is 0 Å². The van der Waals surface area contributed by atoms with E-state index in [1.807, 2.05) is 25.3 Å². The summed E-state index contributed by atoms with van der Waals surface area (Å²) in [7, 11) is 3.53. The number of carbonyl (C=O) groups excluding carboxylic acids is 1. The number of para-hydroxylation sites is 1. The summed E-state index contributed by atoms with van der Waals surface area (Å²) in [6.07, 6.45) is 4.01. The highest BCUT2D eigenvalue weighted by Gasteiger charge is 2.32. The maximum absolute atomic E-state index is 12.3. The van der Waals surface area contributed by atoms with Crippen LogP contribution in [0.5, 0.6) is 0 Å². The molecule has 1 aromatic heterocycles. The quantitative estimate of drug-likeness (QED) is 0.630. The molecule has 4 nitrogen and oxygen atoms in total. The van der Waals surface area contributed by atoms with Gasteiger partial charge in [0.15, 0.2) is 5.11 Å². The smallest absolute Gasteiger partial charge is 0.276 e. The summed E-state index contributed by atoms with van der Waals surface area (Å²) in [5, 5.41) is 1.68. The molecule has 0 unspecified atom stereocenters. The summed E-state index contributed by atoms with van der Waals surface area (Å²) in [5.74, 6) is -0.0594. The van der Waals surface area contributed by atoms with Crippen molar-refractivity contribution >= 4 is 40.2 Å². The Kier molecular flexibility index (Phi) is 3.29. The van der Waals surface area contributed by atoms with Crippen molar-refractivity contribution in [2.45, 2.75) is 13.5 Å². The Morgan fingerprint density at radius 1 is 1.19 bits per heavy atom. The van der Waals surface area contributed by atoms with Gasteiger partial charge >= 0.3 is 0 Å². The summed E-state index contributed by atoms with van der Waals surface area (Å²) in [5.41, 5.74) is 2.83. The Morgan fingerprint density at radius 3 is 2.52 bits per heavy atom. The number of hydrogen-bond acceptors (Lipinski definition) is 2. The van der Waals surface area contributed by atoms with E-state index < -0.39 is 0 Å². The van der Waals surface area contributed by atoms with Gasteiger partial charge in [-0.3, -0.25) is 9.69 Å². The number of thiocarbonyl (C=S) groups is 1. The Labute approximate surface area is 129 Å². The minimum absolute atomic E-state index is 0.0594. The lowest BCUT2D eigenvalue weighted by molar-refractivity contribution is -0.121. The molecule has 5 heteroatoms. The number of aryl methyl sites for hydroxylation is 1. The minimum Gasteiger partial charge on any atom is -0.347 e. The first-order chi connectivity index (χ1) is 10.0. The molecule has 2 aromatic rings. The molecule has 108 valence electrons. The number of rotatable bonds is 2. The van der Waals surface area contributed by atoms with Gasteiger partial charge in [-0.15, -0.1) is 0 Å². The van der Waals surface area contributed by atoms with Crippen LogP contribution in [-0.4, -0.2) is 39.5 Å². The molecule has 3 rings (SSSR count). The van der Waals surface area contributed by atoms with E-state index in [1.165, 1.54) is 10.4 Å². The van der Waals surface area contributed by atoms with E-state index in [0.29, 0.717) is 10.8 Å². The van der Waals surface area contributed by atoms with Gasteiger partial charge in [0, 0.05) is 43.3 Å².